The van der Waals surface area contributed by atoms with Crippen molar-refractivity contribution in [2.75, 3.05) is 13.7 Å². The van der Waals surface area contributed by atoms with Gasteiger partial charge in [-0.3, -0.25) is 4.79 Å². The standard InChI is InChI=1S/C18H24N4O7S/c1-10(23)21-14-12(24)8-18(17(27)28-2,30-11-6-4-3-5-7-11)29-16(14)15(26)13(25)9-20-22-19/h3-7,12-16,24-26H,8-9H2,1-2H3,(H,21,23)/t12-,13+,14+,15+,16+,18-/m0/s1. The normalized spacial score (nSPS) is 28.0. The predicted molar refractivity (Wildman–Crippen MR) is 106 cm³/mol. The van der Waals surface area contributed by atoms with Crippen LogP contribution in [0.2, 0.25) is 0 Å². The van der Waals surface area contributed by atoms with Crippen molar-refractivity contribution in [1.82, 2.24) is 5.32 Å². The van der Waals surface area contributed by atoms with E-state index in [0.29, 0.717) is 4.90 Å². The number of hydrogen-bond acceptors (Lipinski definition) is 9. The van der Waals surface area contributed by atoms with Crippen LogP contribution in [0.3, 0.4) is 0 Å². The van der Waals surface area contributed by atoms with E-state index in [9.17, 15) is 24.9 Å². The maximum Gasteiger partial charge on any atom is 0.349 e. The molecule has 164 valence electrons. The van der Waals surface area contributed by atoms with E-state index in [-0.39, 0.29) is 6.42 Å². The first-order valence-corrected chi connectivity index (χ1v) is 9.88. The topological polar surface area (TPSA) is 174 Å². The summed E-state index contributed by atoms with van der Waals surface area (Å²) in [6.07, 6.45) is -6.23. The van der Waals surface area contributed by atoms with Crippen molar-refractivity contribution in [2.24, 2.45) is 5.11 Å². The Morgan fingerprint density at radius 1 is 1.43 bits per heavy atom. The van der Waals surface area contributed by atoms with Crippen LogP contribution in [-0.4, -0.2) is 76.2 Å². The monoisotopic (exact) mass is 440 g/mol. The maximum atomic E-state index is 12.7. The molecule has 0 radical (unpaired) electrons. The van der Waals surface area contributed by atoms with Gasteiger partial charge in [-0.1, -0.05) is 35.1 Å². The van der Waals surface area contributed by atoms with E-state index in [1.807, 2.05) is 0 Å². The fourth-order valence-electron chi connectivity index (χ4n) is 3.18. The summed E-state index contributed by atoms with van der Waals surface area (Å²) in [6.45, 7) is 0.741. The zero-order valence-corrected chi connectivity index (χ0v) is 17.2. The third-order valence-electron chi connectivity index (χ3n) is 4.53. The van der Waals surface area contributed by atoms with Gasteiger partial charge in [-0.15, -0.1) is 0 Å². The van der Waals surface area contributed by atoms with E-state index in [1.165, 1.54) is 6.92 Å². The molecular weight excluding hydrogens is 416 g/mol. The lowest BCUT2D eigenvalue weighted by atomic mass is 9.89. The van der Waals surface area contributed by atoms with Crippen LogP contribution in [0.15, 0.2) is 40.3 Å². The second kappa shape index (κ2) is 10.6. The van der Waals surface area contributed by atoms with Gasteiger partial charge in [-0.2, -0.15) is 0 Å². The second-order valence-electron chi connectivity index (χ2n) is 6.71. The molecular formula is C18H24N4O7S. The van der Waals surface area contributed by atoms with E-state index in [4.69, 9.17) is 15.0 Å². The van der Waals surface area contributed by atoms with E-state index in [1.54, 1.807) is 30.3 Å². The molecule has 1 aliphatic heterocycles. The average Bonchev–Trinajstić information content (AvgIpc) is 2.73. The van der Waals surface area contributed by atoms with Crippen LogP contribution in [0.5, 0.6) is 0 Å². The number of carbonyl (C=O) groups excluding carboxylic acids is 2. The predicted octanol–water partition coefficient (Wildman–Crippen LogP) is 0.335. The summed E-state index contributed by atoms with van der Waals surface area (Å²) < 4.78 is 10.8. The van der Waals surface area contributed by atoms with Crippen molar-refractivity contribution in [3.8, 4) is 0 Å². The summed E-state index contributed by atoms with van der Waals surface area (Å²) in [7, 11) is 1.16. The first kappa shape index (κ1) is 23.9. The van der Waals surface area contributed by atoms with Crippen molar-refractivity contribution >= 4 is 23.6 Å². The van der Waals surface area contributed by atoms with Gasteiger partial charge < -0.3 is 30.1 Å². The summed E-state index contributed by atoms with van der Waals surface area (Å²) >= 11 is 0.976. The number of thioether (sulfide) groups is 1. The van der Waals surface area contributed by atoms with Gasteiger partial charge in [0.25, 0.3) is 0 Å². The molecule has 1 aliphatic rings. The van der Waals surface area contributed by atoms with Gasteiger partial charge in [0.15, 0.2) is 0 Å². The molecule has 1 heterocycles. The second-order valence-corrected chi connectivity index (χ2v) is 8.05. The zero-order valence-electron chi connectivity index (χ0n) is 16.4. The van der Waals surface area contributed by atoms with E-state index in [2.05, 4.69) is 15.3 Å². The summed E-state index contributed by atoms with van der Waals surface area (Å²) in [4.78, 5) is 25.7. The summed E-state index contributed by atoms with van der Waals surface area (Å²) in [6, 6.07) is 7.62. The number of nitrogens with zero attached hydrogens (tertiary/aromatic N) is 3. The van der Waals surface area contributed by atoms with Gasteiger partial charge in [0.1, 0.15) is 12.2 Å². The van der Waals surface area contributed by atoms with Gasteiger partial charge in [-0.05, 0) is 17.7 Å². The van der Waals surface area contributed by atoms with Crippen LogP contribution in [0, 0.1) is 0 Å². The van der Waals surface area contributed by atoms with Crippen molar-refractivity contribution in [3.63, 3.8) is 0 Å². The van der Waals surface area contributed by atoms with Crippen LogP contribution in [0.1, 0.15) is 13.3 Å². The lowest BCUT2D eigenvalue weighted by Crippen LogP contribution is -2.66. The molecule has 0 spiro atoms. The third kappa shape index (κ3) is 5.63. The number of ether oxygens (including phenoxy) is 2. The Morgan fingerprint density at radius 3 is 2.67 bits per heavy atom. The van der Waals surface area contributed by atoms with E-state index < -0.39 is 53.8 Å². The van der Waals surface area contributed by atoms with Crippen LogP contribution in [0.4, 0.5) is 0 Å². The number of azide groups is 1. The van der Waals surface area contributed by atoms with E-state index >= 15 is 0 Å². The fraction of sp³-hybridized carbons (Fsp3) is 0.556. The molecule has 1 saturated heterocycles. The summed E-state index contributed by atoms with van der Waals surface area (Å²) in [5.74, 6) is -1.32. The average molecular weight is 440 g/mol. The number of rotatable bonds is 8. The molecule has 1 fully saturated rings. The zero-order chi connectivity index (χ0) is 22.3. The van der Waals surface area contributed by atoms with Crippen molar-refractivity contribution in [2.45, 2.75) is 53.6 Å². The maximum absolute atomic E-state index is 12.7. The quantitative estimate of drug-likeness (QED) is 0.194. The Labute approximate surface area is 177 Å². The summed E-state index contributed by atoms with van der Waals surface area (Å²) in [5, 5.41) is 37.3. The largest absolute Gasteiger partial charge is 0.466 e. The number of methoxy groups -OCH3 is 1. The molecule has 4 N–H and O–H groups in total. The van der Waals surface area contributed by atoms with Gasteiger partial charge in [0.2, 0.25) is 10.8 Å². The molecule has 0 saturated carbocycles. The fourth-order valence-corrected chi connectivity index (χ4v) is 4.43. The molecule has 11 nitrogen and oxygen atoms in total. The van der Waals surface area contributed by atoms with Gasteiger partial charge in [-0.25, -0.2) is 4.79 Å². The number of amides is 1. The highest BCUT2D eigenvalue weighted by Crippen LogP contribution is 2.44. The smallest absolute Gasteiger partial charge is 0.349 e. The van der Waals surface area contributed by atoms with Gasteiger partial charge >= 0.3 is 5.97 Å². The lowest BCUT2D eigenvalue weighted by Gasteiger charge is -2.47. The Morgan fingerprint density at radius 2 is 2.10 bits per heavy atom. The molecule has 30 heavy (non-hydrogen) atoms. The molecule has 2 rings (SSSR count). The van der Waals surface area contributed by atoms with Crippen molar-refractivity contribution in [3.05, 3.63) is 40.8 Å². The molecule has 0 aliphatic carbocycles. The number of nitrogens with one attached hydrogen (secondary N) is 1. The first-order valence-electron chi connectivity index (χ1n) is 9.06. The number of esters is 1. The highest BCUT2D eigenvalue weighted by molar-refractivity contribution is 8.01. The van der Waals surface area contributed by atoms with Crippen LogP contribution >= 0.6 is 11.8 Å². The Bertz CT molecular complexity index is 792. The van der Waals surface area contributed by atoms with Gasteiger partial charge in [0, 0.05) is 23.2 Å². The Balaban J connectivity index is 2.43. The number of benzene rings is 1. The minimum atomic E-state index is -1.76. The van der Waals surface area contributed by atoms with Crippen LogP contribution in [0.25, 0.3) is 10.4 Å². The molecule has 6 atom stereocenters. The van der Waals surface area contributed by atoms with E-state index in [0.717, 1.165) is 18.9 Å². The molecule has 1 amide bonds. The molecule has 0 bridgehead atoms. The first-order chi connectivity index (χ1) is 14.2. The third-order valence-corrected chi connectivity index (χ3v) is 5.79. The summed E-state index contributed by atoms with van der Waals surface area (Å²) in [5.41, 5.74) is 8.44. The minimum Gasteiger partial charge on any atom is -0.466 e. The molecule has 1 aromatic rings. The Kier molecular flexibility index (Phi) is 8.47. The minimum absolute atomic E-state index is 0.250. The molecule has 1 aromatic carbocycles. The van der Waals surface area contributed by atoms with Crippen molar-refractivity contribution < 1.29 is 34.4 Å². The number of aliphatic hydroxyl groups is 3. The molecule has 0 unspecified atom stereocenters. The lowest BCUT2D eigenvalue weighted by molar-refractivity contribution is -0.204. The van der Waals surface area contributed by atoms with Crippen LogP contribution < -0.4 is 5.32 Å². The number of aliphatic hydroxyl groups excluding tert-OH is 3. The molecule has 12 heteroatoms. The molecule has 0 aromatic heterocycles. The highest BCUT2D eigenvalue weighted by Gasteiger charge is 2.55. The number of carbonyl (C=O) groups is 2. The van der Waals surface area contributed by atoms with Crippen molar-refractivity contribution in [1.29, 1.82) is 0 Å². The van der Waals surface area contributed by atoms with Crippen LogP contribution in [-0.2, 0) is 19.1 Å². The van der Waals surface area contributed by atoms with Gasteiger partial charge in [0.05, 0.1) is 31.9 Å². The highest BCUT2D eigenvalue weighted by atomic mass is 32.2. The SMILES string of the molecule is COC(=O)[C@@]1(Sc2ccccc2)C[C@H](O)[C@@H](NC(C)=O)[C@H]([C@H](O)[C@H](O)CN=[N+]=[N-])O1. The Hall–Kier alpha value is -2.34. The number of hydrogen-bond donors (Lipinski definition) is 4.